The molecule has 0 aliphatic heterocycles. The van der Waals surface area contributed by atoms with Crippen LogP contribution >= 0.6 is 39.0 Å². The summed E-state index contributed by atoms with van der Waals surface area (Å²) in [5.74, 6) is 0. The minimum atomic E-state index is 0.860. The third-order valence-corrected chi connectivity index (χ3v) is 4.61. The van der Waals surface area contributed by atoms with Crippen LogP contribution < -0.4 is 5.73 Å². The van der Waals surface area contributed by atoms with Crippen LogP contribution in [0, 0.1) is 0 Å². The van der Waals surface area contributed by atoms with Crippen molar-refractivity contribution >= 4 is 54.8 Å². The van der Waals surface area contributed by atoms with Gasteiger partial charge in [-0.05, 0) is 34.3 Å². The molecule has 2 aromatic rings. The molecule has 0 spiro atoms. The zero-order valence-electron chi connectivity index (χ0n) is 7.00. The van der Waals surface area contributed by atoms with Gasteiger partial charge < -0.3 is 5.73 Å². The summed E-state index contributed by atoms with van der Waals surface area (Å²) in [6, 6.07) is 4.04. The van der Waals surface area contributed by atoms with Gasteiger partial charge in [0.15, 0.2) is 0 Å². The molecule has 0 unspecified atom stereocenters. The van der Waals surface area contributed by atoms with Crippen molar-refractivity contribution in [1.29, 1.82) is 0 Å². The molecule has 2 rings (SSSR count). The van der Waals surface area contributed by atoms with Crippen molar-refractivity contribution in [2.75, 3.05) is 12.0 Å². The lowest BCUT2D eigenvalue weighted by Gasteiger charge is -2.03. The van der Waals surface area contributed by atoms with Crippen molar-refractivity contribution in [1.82, 2.24) is 0 Å². The van der Waals surface area contributed by atoms with Crippen molar-refractivity contribution < 1.29 is 0 Å². The van der Waals surface area contributed by atoms with Crippen molar-refractivity contribution in [2.24, 2.45) is 0 Å². The molecule has 0 saturated carbocycles. The molecular weight excluding hydrogens is 266 g/mol. The summed E-state index contributed by atoms with van der Waals surface area (Å²) in [4.78, 5) is 1.17. The maximum Gasteiger partial charge on any atom is 0.0459 e. The van der Waals surface area contributed by atoms with Gasteiger partial charge in [-0.3, -0.25) is 0 Å². The highest BCUT2D eigenvalue weighted by Crippen LogP contribution is 2.39. The molecule has 1 aromatic carbocycles. The molecule has 4 heteroatoms. The number of hydrogen-bond donors (Lipinski definition) is 1. The predicted octanol–water partition coefficient (Wildman–Crippen LogP) is 3.97. The summed E-state index contributed by atoms with van der Waals surface area (Å²) in [5, 5.41) is 3.35. The van der Waals surface area contributed by atoms with Gasteiger partial charge in [0.1, 0.15) is 0 Å². The number of nitrogens with two attached hydrogens (primary N) is 1. The van der Waals surface area contributed by atoms with E-state index in [2.05, 4.69) is 33.6 Å². The van der Waals surface area contributed by atoms with Crippen LogP contribution in [0.15, 0.2) is 26.9 Å². The summed E-state index contributed by atoms with van der Waals surface area (Å²) >= 11 is 6.97. The van der Waals surface area contributed by atoms with Crippen molar-refractivity contribution in [3.05, 3.63) is 22.0 Å². The van der Waals surface area contributed by atoms with Crippen LogP contribution in [0.25, 0.3) is 10.1 Å². The molecular formula is C9H8BrNS2. The van der Waals surface area contributed by atoms with Gasteiger partial charge in [-0.1, -0.05) is 0 Å². The highest BCUT2D eigenvalue weighted by molar-refractivity contribution is 9.10. The molecule has 1 nitrogen and oxygen atoms in total. The third-order valence-electron chi connectivity index (χ3n) is 1.88. The molecule has 0 atom stereocenters. The number of thioether (sulfide) groups is 1. The Balaban J connectivity index is 2.88. The van der Waals surface area contributed by atoms with E-state index in [-0.39, 0.29) is 0 Å². The number of halogens is 1. The summed E-state index contributed by atoms with van der Waals surface area (Å²) in [5.41, 5.74) is 6.75. The molecule has 0 saturated heterocycles. The van der Waals surface area contributed by atoms with E-state index in [1.54, 1.807) is 23.1 Å². The van der Waals surface area contributed by atoms with Crippen molar-refractivity contribution in [3.63, 3.8) is 0 Å². The maximum absolute atomic E-state index is 5.89. The highest BCUT2D eigenvalue weighted by atomic mass is 79.9. The Kier molecular flexibility index (Phi) is 2.53. The SMILES string of the molecule is CSc1c(N)ccc2scc(Br)c12. The normalized spacial score (nSPS) is 10.9. The maximum atomic E-state index is 5.89. The lowest BCUT2D eigenvalue weighted by atomic mass is 10.2. The summed E-state index contributed by atoms with van der Waals surface area (Å²) in [6.45, 7) is 0. The minimum Gasteiger partial charge on any atom is -0.398 e. The van der Waals surface area contributed by atoms with Crippen LogP contribution in [0.5, 0.6) is 0 Å². The van der Waals surface area contributed by atoms with Gasteiger partial charge in [0.05, 0.1) is 0 Å². The van der Waals surface area contributed by atoms with Crippen molar-refractivity contribution in [3.8, 4) is 0 Å². The van der Waals surface area contributed by atoms with Crippen LogP contribution in [0.4, 0.5) is 5.69 Å². The largest absolute Gasteiger partial charge is 0.398 e. The second kappa shape index (κ2) is 3.52. The number of fused-ring (bicyclic) bond motifs is 1. The number of hydrogen-bond acceptors (Lipinski definition) is 3. The quantitative estimate of drug-likeness (QED) is 0.629. The first-order valence-electron chi connectivity index (χ1n) is 3.73. The van der Waals surface area contributed by atoms with E-state index >= 15 is 0 Å². The number of thiophene rings is 1. The van der Waals surface area contributed by atoms with Crippen LogP contribution in [0.3, 0.4) is 0 Å². The van der Waals surface area contributed by atoms with Gasteiger partial charge in [0.25, 0.3) is 0 Å². The monoisotopic (exact) mass is 273 g/mol. The lowest BCUT2D eigenvalue weighted by Crippen LogP contribution is -1.87. The third kappa shape index (κ3) is 1.47. The Morgan fingerprint density at radius 3 is 2.92 bits per heavy atom. The Labute approximate surface area is 93.4 Å². The summed E-state index contributed by atoms with van der Waals surface area (Å²) < 4.78 is 2.43. The van der Waals surface area contributed by atoms with Gasteiger partial charge in [-0.15, -0.1) is 23.1 Å². The summed E-state index contributed by atoms with van der Waals surface area (Å²) in [7, 11) is 0. The average Bonchev–Trinajstić information content (AvgIpc) is 2.49. The van der Waals surface area contributed by atoms with E-state index in [4.69, 9.17) is 5.73 Å². The van der Waals surface area contributed by atoms with Gasteiger partial charge in [-0.25, -0.2) is 0 Å². The zero-order valence-corrected chi connectivity index (χ0v) is 10.2. The number of nitrogen functional groups attached to an aromatic ring is 1. The van der Waals surface area contributed by atoms with E-state index in [9.17, 15) is 0 Å². The fourth-order valence-electron chi connectivity index (χ4n) is 1.30. The molecule has 13 heavy (non-hydrogen) atoms. The van der Waals surface area contributed by atoms with Crippen LogP contribution in [0.2, 0.25) is 0 Å². The Bertz CT molecular complexity index is 450. The van der Waals surface area contributed by atoms with Gasteiger partial charge in [0, 0.05) is 30.5 Å². The molecule has 1 aromatic heterocycles. The zero-order chi connectivity index (χ0) is 9.42. The van der Waals surface area contributed by atoms with Crippen LogP contribution in [-0.2, 0) is 0 Å². The minimum absolute atomic E-state index is 0.860. The van der Waals surface area contributed by atoms with E-state index < -0.39 is 0 Å². The molecule has 0 bridgehead atoms. The second-order valence-corrected chi connectivity index (χ2v) is 5.23. The highest BCUT2D eigenvalue weighted by Gasteiger charge is 2.08. The van der Waals surface area contributed by atoms with E-state index in [0.717, 1.165) is 10.2 Å². The van der Waals surface area contributed by atoms with E-state index in [1.165, 1.54) is 15.0 Å². The number of benzene rings is 1. The lowest BCUT2D eigenvalue weighted by molar-refractivity contribution is 1.55. The first-order valence-corrected chi connectivity index (χ1v) is 6.63. The standard InChI is InChI=1S/C9H8BrNS2/c1-12-9-6(11)2-3-7-8(9)5(10)4-13-7/h2-4H,11H2,1H3. The Morgan fingerprint density at radius 2 is 2.23 bits per heavy atom. The van der Waals surface area contributed by atoms with Gasteiger partial charge in [0.2, 0.25) is 0 Å². The van der Waals surface area contributed by atoms with Crippen molar-refractivity contribution in [2.45, 2.75) is 4.90 Å². The van der Waals surface area contributed by atoms with Crippen LogP contribution in [-0.4, -0.2) is 6.26 Å². The molecule has 0 amide bonds. The first kappa shape index (κ1) is 9.37. The van der Waals surface area contributed by atoms with E-state index in [0.29, 0.717) is 0 Å². The Morgan fingerprint density at radius 1 is 1.46 bits per heavy atom. The molecule has 2 N–H and O–H groups in total. The molecule has 0 radical (unpaired) electrons. The topological polar surface area (TPSA) is 26.0 Å². The molecule has 0 aliphatic carbocycles. The molecule has 0 aliphatic rings. The molecule has 68 valence electrons. The average molecular weight is 274 g/mol. The smallest absolute Gasteiger partial charge is 0.0459 e. The summed E-state index contributed by atoms with van der Waals surface area (Å²) in [6.07, 6.45) is 2.05. The van der Waals surface area contributed by atoms with Gasteiger partial charge >= 0.3 is 0 Å². The molecule has 0 fully saturated rings. The van der Waals surface area contributed by atoms with Gasteiger partial charge in [-0.2, -0.15) is 0 Å². The first-order chi connectivity index (χ1) is 6.24. The van der Waals surface area contributed by atoms with E-state index in [1.807, 2.05) is 6.07 Å². The number of rotatable bonds is 1. The van der Waals surface area contributed by atoms with Crippen LogP contribution in [0.1, 0.15) is 0 Å². The molecule has 1 heterocycles. The number of anilines is 1. The fraction of sp³-hybridized carbons (Fsp3) is 0.111. The second-order valence-electron chi connectivity index (χ2n) is 2.64. The predicted molar refractivity (Wildman–Crippen MR) is 65.7 cm³/mol. The Hall–Kier alpha value is -0.190. The fourth-order valence-corrected chi connectivity index (χ4v) is 3.87.